The van der Waals surface area contributed by atoms with E-state index in [1.807, 2.05) is 28.9 Å². The van der Waals surface area contributed by atoms with Crippen LogP contribution in [0, 0.1) is 0 Å². The molecule has 2 aromatic heterocycles. The van der Waals surface area contributed by atoms with Crippen LogP contribution in [0.1, 0.15) is 5.69 Å². The van der Waals surface area contributed by atoms with E-state index in [0.717, 1.165) is 5.69 Å². The van der Waals surface area contributed by atoms with Crippen molar-refractivity contribution in [1.29, 1.82) is 0 Å². The summed E-state index contributed by atoms with van der Waals surface area (Å²) in [5.41, 5.74) is 1.45. The third kappa shape index (κ3) is 3.99. The van der Waals surface area contributed by atoms with Gasteiger partial charge in [-0.3, -0.25) is 0 Å². The number of nitrogens with zero attached hydrogens (tertiary/aromatic N) is 2. The van der Waals surface area contributed by atoms with Gasteiger partial charge in [0.25, 0.3) is 0 Å². The molecule has 2 heterocycles. The normalized spacial score (nSPS) is 11.5. The molecule has 0 atom stereocenters. The summed E-state index contributed by atoms with van der Waals surface area (Å²) in [6, 6.07) is 8.14. The molecule has 0 unspecified atom stereocenters. The van der Waals surface area contributed by atoms with Crippen LogP contribution < -0.4 is 18.9 Å². The first-order valence-electron chi connectivity index (χ1n) is 8.21. The Morgan fingerprint density at radius 2 is 1.78 bits per heavy atom. The lowest BCUT2D eigenvalue weighted by molar-refractivity contribution is 0.354. The molecule has 0 amide bonds. The van der Waals surface area contributed by atoms with E-state index in [2.05, 4.69) is 9.71 Å². The van der Waals surface area contributed by atoms with Gasteiger partial charge in [-0.1, -0.05) is 0 Å². The van der Waals surface area contributed by atoms with Crippen molar-refractivity contribution in [3.05, 3.63) is 48.4 Å². The second kappa shape index (κ2) is 7.85. The molecule has 1 N–H and O–H groups in total. The Morgan fingerprint density at radius 3 is 2.48 bits per heavy atom. The molecule has 0 saturated heterocycles. The smallest absolute Gasteiger partial charge is 0.240 e. The number of rotatable bonds is 8. The molecule has 3 rings (SSSR count). The van der Waals surface area contributed by atoms with Crippen molar-refractivity contribution in [2.45, 2.75) is 11.3 Å². The van der Waals surface area contributed by atoms with Crippen LogP contribution in [0.3, 0.4) is 0 Å². The SMILES string of the molecule is COc1ccc(S(=O)(=O)NCCc2cn3cccc(OC)c3n2)cc1OC. The molecule has 9 heteroatoms. The van der Waals surface area contributed by atoms with E-state index in [1.165, 1.54) is 26.4 Å². The Labute approximate surface area is 157 Å². The van der Waals surface area contributed by atoms with E-state index in [1.54, 1.807) is 13.2 Å². The van der Waals surface area contributed by atoms with Gasteiger partial charge >= 0.3 is 0 Å². The molecule has 27 heavy (non-hydrogen) atoms. The van der Waals surface area contributed by atoms with Gasteiger partial charge in [0.05, 0.1) is 31.9 Å². The zero-order valence-corrected chi connectivity index (χ0v) is 16.1. The molecular formula is C18H21N3O5S. The maximum atomic E-state index is 12.5. The largest absolute Gasteiger partial charge is 0.493 e. The molecule has 0 aliphatic carbocycles. The van der Waals surface area contributed by atoms with Crippen LogP contribution in [-0.2, 0) is 16.4 Å². The van der Waals surface area contributed by atoms with Gasteiger partial charge in [0.15, 0.2) is 22.9 Å². The van der Waals surface area contributed by atoms with Gasteiger partial charge in [0.2, 0.25) is 10.0 Å². The first-order chi connectivity index (χ1) is 13.0. The summed E-state index contributed by atoms with van der Waals surface area (Å²) < 4.78 is 45.0. The van der Waals surface area contributed by atoms with Gasteiger partial charge in [-0.15, -0.1) is 0 Å². The Hall–Kier alpha value is -2.78. The van der Waals surface area contributed by atoms with Crippen molar-refractivity contribution in [3.8, 4) is 17.2 Å². The number of nitrogens with one attached hydrogen (secondary N) is 1. The maximum absolute atomic E-state index is 12.5. The Bertz CT molecular complexity index is 1050. The summed E-state index contributed by atoms with van der Waals surface area (Å²) in [4.78, 5) is 4.60. The average Bonchev–Trinajstić information content (AvgIpc) is 3.10. The lowest BCUT2D eigenvalue weighted by Gasteiger charge is -2.10. The predicted octanol–water partition coefficient (Wildman–Crippen LogP) is 1.88. The minimum absolute atomic E-state index is 0.108. The molecule has 8 nitrogen and oxygen atoms in total. The summed E-state index contributed by atoms with van der Waals surface area (Å²) in [6.07, 6.45) is 4.15. The van der Waals surface area contributed by atoms with E-state index < -0.39 is 10.0 Å². The van der Waals surface area contributed by atoms with Crippen LogP contribution in [0.15, 0.2) is 47.6 Å². The van der Waals surface area contributed by atoms with Crippen LogP contribution in [0.2, 0.25) is 0 Å². The van der Waals surface area contributed by atoms with E-state index in [4.69, 9.17) is 14.2 Å². The monoisotopic (exact) mass is 391 g/mol. The third-order valence-electron chi connectivity index (χ3n) is 4.06. The summed E-state index contributed by atoms with van der Waals surface area (Å²) in [5.74, 6) is 1.48. The minimum Gasteiger partial charge on any atom is -0.493 e. The van der Waals surface area contributed by atoms with E-state index in [9.17, 15) is 8.42 Å². The Morgan fingerprint density at radius 1 is 1.04 bits per heavy atom. The van der Waals surface area contributed by atoms with Crippen molar-refractivity contribution in [1.82, 2.24) is 14.1 Å². The van der Waals surface area contributed by atoms with Gasteiger partial charge in [0, 0.05) is 31.4 Å². The van der Waals surface area contributed by atoms with Crippen molar-refractivity contribution in [2.24, 2.45) is 0 Å². The van der Waals surface area contributed by atoms with Gasteiger partial charge in [-0.05, 0) is 24.3 Å². The zero-order valence-electron chi connectivity index (χ0n) is 15.3. The number of methoxy groups -OCH3 is 3. The average molecular weight is 391 g/mol. The van der Waals surface area contributed by atoms with Crippen LogP contribution in [0.4, 0.5) is 0 Å². The molecule has 144 valence electrons. The van der Waals surface area contributed by atoms with Gasteiger partial charge in [0.1, 0.15) is 0 Å². The van der Waals surface area contributed by atoms with Crippen LogP contribution in [0.25, 0.3) is 5.65 Å². The highest BCUT2D eigenvalue weighted by Gasteiger charge is 2.17. The van der Waals surface area contributed by atoms with Crippen molar-refractivity contribution in [3.63, 3.8) is 0 Å². The van der Waals surface area contributed by atoms with Gasteiger partial charge in [-0.2, -0.15) is 0 Å². The number of hydrogen-bond donors (Lipinski definition) is 1. The lowest BCUT2D eigenvalue weighted by Crippen LogP contribution is -2.26. The highest BCUT2D eigenvalue weighted by atomic mass is 32.2. The molecule has 0 radical (unpaired) electrons. The molecule has 0 bridgehead atoms. The second-order valence-electron chi connectivity index (χ2n) is 5.70. The lowest BCUT2D eigenvalue weighted by atomic mass is 10.3. The number of hydrogen-bond acceptors (Lipinski definition) is 6. The van der Waals surface area contributed by atoms with Crippen molar-refractivity contribution in [2.75, 3.05) is 27.9 Å². The molecular weight excluding hydrogens is 370 g/mol. The zero-order chi connectivity index (χ0) is 19.4. The van der Waals surface area contributed by atoms with Crippen LogP contribution in [0.5, 0.6) is 17.2 Å². The number of benzene rings is 1. The first kappa shape index (κ1) is 19.0. The fourth-order valence-electron chi connectivity index (χ4n) is 2.70. The van der Waals surface area contributed by atoms with Crippen molar-refractivity contribution < 1.29 is 22.6 Å². The van der Waals surface area contributed by atoms with Gasteiger partial charge < -0.3 is 18.6 Å². The standard InChI is InChI=1S/C18H21N3O5S/c1-24-15-7-6-14(11-17(15)26-3)27(22,23)19-9-8-13-12-21-10-4-5-16(25-2)18(21)20-13/h4-7,10-12,19H,8-9H2,1-3H3. The molecule has 0 aliphatic rings. The van der Waals surface area contributed by atoms with E-state index >= 15 is 0 Å². The number of pyridine rings is 1. The van der Waals surface area contributed by atoms with E-state index in [0.29, 0.717) is 29.3 Å². The fraction of sp³-hybridized carbons (Fsp3) is 0.278. The fourth-order valence-corrected chi connectivity index (χ4v) is 3.75. The molecule has 0 saturated carbocycles. The van der Waals surface area contributed by atoms with Crippen LogP contribution >= 0.6 is 0 Å². The topological polar surface area (TPSA) is 91.2 Å². The molecule has 0 aliphatic heterocycles. The summed E-state index contributed by atoms with van der Waals surface area (Å²) >= 11 is 0. The quantitative estimate of drug-likeness (QED) is 0.630. The molecule has 0 spiro atoms. The van der Waals surface area contributed by atoms with Gasteiger partial charge in [-0.25, -0.2) is 18.1 Å². The minimum atomic E-state index is -3.68. The number of sulfonamides is 1. The first-order valence-corrected chi connectivity index (χ1v) is 9.69. The number of fused-ring (bicyclic) bond motifs is 1. The third-order valence-corrected chi connectivity index (χ3v) is 5.51. The second-order valence-corrected chi connectivity index (χ2v) is 7.47. The predicted molar refractivity (Wildman–Crippen MR) is 100 cm³/mol. The number of imidazole rings is 1. The van der Waals surface area contributed by atoms with Crippen LogP contribution in [-0.4, -0.2) is 45.7 Å². The summed E-state index contributed by atoms with van der Waals surface area (Å²) in [5, 5.41) is 0. The maximum Gasteiger partial charge on any atom is 0.240 e. The molecule has 3 aromatic rings. The Balaban J connectivity index is 1.71. The Kier molecular flexibility index (Phi) is 5.52. The van der Waals surface area contributed by atoms with Crippen molar-refractivity contribution >= 4 is 15.7 Å². The summed E-state index contributed by atoms with van der Waals surface area (Å²) in [7, 11) is 0.860. The number of ether oxygens (including phenoxy) is 3. The highest BCUT2D eigenvalue weighted by Crippen LogP contribution is 2.29. The summed E-state index contributed by atoms with van der Waals surface area (Å²) in [6.45, 7) is 0.211. The molecule has 0 fully saturated rings. The highest BCUT2D eigenvalue weighted by molar-refractivity contribution is 7.89. The van der Waals surface area contributed by atoms with E-state index in [-0.39, 0.29) is 11.4 Å². The molecule has 1 aromatic carbocycles. The number of aromatic nitrogens is 2.